The number of hydrogen-bond acceptors (Lipinski definition) is 4. The molecule has 0 radical (unpaired) electrons. The van der Waals surface area contributed by atoms with E-state index in [9.17, 15) is 9.59 Å². The number of ether oxygens (including phenoxy) is 1. The number of likely N-dealkylation sites (tertiary alicyclic amines) is 2. The number of nitrogens with zero attached hydrogens (tertiary/aromatic N) is 3. The first-order valence-electron chi connectivity index (χ1n) is 10.7. The van der Waals surface area contributed by atoms with Crippen molar-refractivity contribution in [3.05, 3.63) is 34.7 Å². The molecule has 0 spiro atoms. The molecule has 2 aromatic rings. The van der Waals surface area contributed by atoms with Crippen LogP contribution >= 0.6 is 0 Å². The minimum atomic E-state index is -0.448. The summed E-state index contributed by atoms with van der Waals surface area (Å²) in [6.45, 7) is 9.20. The molecule has 0 aliphatic carbocycles. The Labute approximate surface area is 171 Å². The Hall–Kier alpha value is -2.28. The molecule has 7 heteroatoms. The minimum absolute atomic E-state index is 0.00433. The monoisotopic (exact) mass is 400 g/mol. The molecule has 1 aromatic heterocycles. The van der Waals surface area contributed by atoms with Crippen LogP contribution in [0.4, 0.5) is 4.79 Å². The van der Waals surface area contributed by atoms with Crippen LogP contribution in [0.25, 0.3) is 11.0 Å². The van der Waals surface area contributed by atoms with Crippen LogP contribution in [0.5, 0.6) is 0 Å². The van der Waals surface area contributed by atoms with Crippen LogP contribution in [-0.4, -0.2) is 63.3 Å². The molecule has 0 saturated carbocycles. The summed E-state index contributed by atoms with van der Waals surface area (Å²) in [6, 6.07) is 8.67. The van der Waals surface area contributed by atoms with Gasteiger partial charge in [-0.25, -0.2) is 9.59 Å². The fourth-order valence-corrected chi connectivity index (χ4v) is 4.69. The van der Waals surface area contributed by atoms with Crippen molar-refractivity contribution in [3.8, 4) is 0 Å². The molecule has 29 heavy (non-hydrogen) atoms. The van der Waals surface area contributed by atoms with E-state index < -0.39 is 5.60 Å². The van der Waals surface area contributed by atoms with Gasteiger partial charge >= 0.3 is 11.8 Å². The zero-order valence-corrected chi connectivity index (χ0v) is 17.7. The molecule has 4 rings (SSSR count). The number of imidazole rings is 1. The van der Waals surface area contributed by atoms with Crippen molar-refractivity contribution in [2.75, 3.05) is 26.2 Å². The molecule has 1 amide bonds. The second kappa shape index (κ2) is 7.86. The molecule has 0 atom stereocenters. The van der Waals surface area contributed by atoms with Crippen molar-refractivity contribution in [1.82, 2.24) is 19.4 Å². The van der Waals surface area contributed by atoms with Gasteiger partial charge in [-0.1, -0.05) is 12.1 Å². The summed E-state index contributed by atoms with van der Waals surface area (Å²) < 4.78 is 7.44. The van der Waals surface area contributed by atoms with Gasteiger partial charge in [-0.05, 0) is 58.6 Å². The lowest BCUT2D eigenvalue weighted by molar-refractivity contribution is 0.0121. The standard InChI is InChI=1S/C22H32N4O3/c1-22(2,3)29-21(28)25-14-8-16(9-15-25)24-12-10-17(11-13-24)26-19-7-5-4-6-18(19)23-20(26)27/h4-7,16-17H,8-15H2,1-3H3,(H,23,27). The number of carbonyl (C=O) groups is 1. The summed E-state index contributed by atoms with van der Waals surface area (Å²) in [5.41, 5.74) is 1.46. The predicted octanol–water partition coefficient (Wildman–Crippen LogP) is 3.37. The van der Waals surface area contributed by atoms with Crippen LogP contribution in [0.15, 0.2) is 29.1 Å². The third-order valence-corrected chi connectivity index (χ3v) is 6.12. The summed E-state index contributed by atoms with van der Waals surface area (Å²) in [7, 11) is 0. The summed E-state index contributed by atoms with van der Waals surface area (Å²) in [4.78, 5) is 32.1. The Morgan fingerprint density at radius 1 is 1.00 bits per heavy atom. The first-order chi connectivity index (χ1) is 13.8. The fraction of sp³-hybridized carbons (Fsp3) is 0.636. The van der Waals surface area contributed by atoms with Crippen molar-refractivity contribution in [1.29, 1.82) is 0 Å². The molecule has 2 saturated heterocycles. The van der Waals surface area contributed by atoms with Crippen molar-refractivity contribution < 1.29 is 9.53 Å². The molecule has 3 heterocycles. The second-order valence-corrected chi connectivity index (χ2v) is 9.28. The summed E-state index contributed by atoms with van der Waals surface area (Å²) in [6.07, 6.45) is 3.73. The Morgan fingerprint density at radius 2 is 1.62 bits per heavy atom. The average Bonchev–Trinajstić information content (AvgIpc) is 3.02. The van der Waals surface area contributed by atoms with Crippen LogP contribution in [0, 0.1) is 0 Å². The number of H-pyrrole nitrogens is 1. The Kier molecular flexibility index (Phi) is 5.42. The van der Waals surface area contributed by atoms with Gasteiger partial charge < -0.3 is 19.5 Å². The van der Waals surface area contributed by atoms with Gasteiger partial charge in [-0.2, -0.15) is 0 Å². The maximum absolute atomic E-state index is 12.5. The molecule has 0 unspecified atom stereocenters. The maximum atomic E-state index is 12.5. The highest BCUT2D eigenvalue weighted by atomic mass is 16.6. The largest absolute Gasteiger partial charge is 0.444 e. The van der Waals surface area contributed by atoms with Crippen LogP contribution in [0.2, 0.25) is 0 Å². The quantitative estimate of drug-likeness (QED) is 0.839. The average molecular weight is 401 g/mol. The number of nitrogens with one attached hydrogen (secondary N) is 1. The summed E-state index contributed by atoms with van der Waals surface area (Å²) in [5, 5.41) is 0. The topological polar surface area (TPSA) is 70.6 Å². The normalized spacial score (nSPS) is 20.3. The molecule has 2 aliphatic heterocycles. The highest BCUT2D eigenvalue weighted by Gasteiger charge is 2.32. The van der Waals surface area contributed by atoms with E-state index in [0.717, 1.165) is 62.9 Å². The predicted molar refractivity (Wildman–Crippen MR) is 113 cm³/mol. The fourth-order valence-electron chi connectivity index (χ4n) is 4.69. The van der Waals surface area contributed by atoms with Crippen LogP contribution < -0.4 is 5.69 Å². The zero-order valence-electron chi connectivity index (χ0n) is 17.7. The minimum Gasteiger partial charge on any atom is -0.444 e. The second-order valence-electron chi connectivity index (χ2n) is 9.28. The van der Waals surface area contributed by atoms with E-state index in [0.29, 0.717) is 6.04 Å². The van der Waals surface area contributed by atoms with Crippen LogP contribution in [0.1, 0.15) is 52.5 Å². The van der Waals surface area contributed by atoms with Crippen LogP contribution in [-0.2, 0) is 4.74 Å². The van der Waals surface area contributed by atoms with Crippen molar-refractivity contribution >= 4 is 17.1 Å². The van der Waals surface area contributed by atoms with E-state index in [1.54, 1.807) is 0 Å². The Bertz CT molecular complexity index is 910. The number of carbonyl (C=O) groups excluding carboxylic acids is 1. The first-order valence-corrected chi connectivity index (χ1v) is 10.7. The van der Waals surface area contributed by atoms with E-state index in [1.807, 2.05) is 54.5 Å². The number of amides is 1. The zero-order chi connectivity index (χ0) is 20.6. The third kappa shape index (κ3) is 4.34. The van der Waals surface area contributed by atoms with Gasteiger partial charge in [0.05, 0.1) is 11.0 Å². The number of hydrogen-bond donors (Lipinski definition) is 1. The van der Waals surface area contributed by atoms with Gasteiger partial charge in [-0.15, -0.1) is 0 Å². The van der Waals surface area contributed by atoms with Crippen molar-refractivity contribution in [3.63, 3.8) is 0 Å². The molecule has 2 aliphatic rings. The van der Waals surface area contributed by atoms with Gasteiger partial charge in [0.25, 0.3) is 0 Å². The lowest BCUT2D eigenvalue weighted by atomic mass is 9.97. The number of fused-ring (bicyclic) bond motifs is 1. The molecule has 1 aromatic carbocycles. The molecule has 1 N–H and O–H groups in total. The highest BCUT2D eigenvalue weighted by molar-refractivity contribution is 5.75. The number of benzene rings is 1. The van der Waals surface area contributed by atoms with Gasteiger partial charge in [0.2, 0.25) is 0 Å². The third-order valence-electron chi connectivity index (χ3n) is 6.12. The van der Waals surface area contributed by atoms with E-state index >= 15 is 0 Å². The van der Waals surface area contributed by atoms with E-state index in [1.165, 1.54) is 0 Å². The number of rotatable bonds is 2. The number of para-hydroxylation sites is 2. The SMILES string of the molecule is CC(C)(C)OC(=O)N1CCC(N2CCC(n3c(=O)[nH]c4ccccc43)CC2)CC1. The maximum Gasteiger partial charge on any atom is 0.410 e. The van der Waals surface area contributed by atoms with Gasteiger partial charge in [0.15, 0.2) is 0 Å². The molecular weight excluding hydrogens is 368 g/mol. The van der Waals surface area contributed by atoms with E-state index in [4.69, 9.17) is 4.74 Å². The molecule has 2 fully saturated rings. The van der Waals surface area contributed by atoms with Gasteiger partial charge in [-0.3, -0.25) is 4.57 Å². The first kappa shape index (κ1) is 20.0. The van der Waals surface area contributed by atoms with Crippen molar-refractivity contribution in [2.24, 2.45) is 0 Å². The van der Waals surface area contributed by atoms with Crippen LogP contribution in [0.3, 0.4) is 0 Å². The van der Waals surface area contributed by atoms with Gasteiger partial charge in [0, 0.05) is 38.3 Å². The smallest absolute Gasteiger partial charge is 0.410 e. The molecule has 7 nitrogen and oxygen atoms in total. The number of piperidine rings is 2. The van der Waals surface area contributed by atoms with Gasteiger partial charge in [0.1, 0.15) is 5.60 Å². The Morgan fingerprint density at radius 3 is 2.28 bits per heavy atom. The molecule has 0 bridgehead atoms. The highest BCUT2D eigenvalue weighted by Crippen LogP contribution is 2.28. The van der Waals surface area contributed by atoms with Crippen molar-refractivity contribution in [2.45, 2.75) is 64.1 Å². The van der Waals surface area contributed by atoms with E-state index in [-0.39, 0.29) is 17.8 Å². The molecule has 158 valence electrons. The summed E-state index contributed by atoms with van der Waals surface area (Å²) >= 11 is 0. The van der Waals surface area contributed by atoms with E-state index in [2.05, 4.69) is 9.88 Å². The number of aromatic amines is 1. The lowest BCUT2D eigenvalue weighted by Crippen LogP contribution is -2.50. The summed E-state index contributed by atoms with van der Waals surface area (Å²) in [5.74, 6) is 0. The Balaban J connectivity index is 1.32. The molecular formula is C22H32N4O3. The number of aromatic nitrogens is 2. The lowest BCUT2D eigenvalue weighted by Gasteiger charge is -2.42.